The summed E-state index contributed by atoms with van der Waals surface area (Å²) in [5.41, 5.74) is 2.70. The molecule has 1 saturated heterocycles. The number of nitrogens with zero attached hydrogens (tertiary/aromatic N) is 1. The van der Waals surface area contributed by atoms with E-state index in [4.69, 9.17) is 4.74 Å². The molecule has 0 aromatic heterocycles. The average molecular weight is 522 g/mol. The Bertz CT molecular complexity index is 1370. The molecule has 1 heterocycles. The van der Waals surface area contributed by atoms with Gasteiger partial charge in [-0.25, -0.2) is 8.42 Å². The molecule has 37 heavy (non-hydrogen) atoms. The van der Waals surface area contributed by atoms with E-state index in [9.17, 15) is 18.0 Å². The standard InChI is InChI=1S/C28H31N3O5S/c1-20-14-15-26(21(2)17-20)31(37(34,35)23-10-4-3-5-11-23)19-27(32)30-25-13-7-6-12-24(25)28(33)29-18-22-9-8-16-36-22/h3-7,10-15,17,22H,8-9,16,18-19H2,1-2H3,(H,29,33)(H,30,32)/t22-/m0/s1. The first-order valence-corrected chi connectivity index (χ1v) is 13.6. The number of amides is 2. The summed E-state index contributed by atoms with van der Waals surface area (Å²) in [6.45, 7) is 4.34. The van der Waals surface area contributed by atoms with Gasteiger partial charge in [0.05, 0.1) is 27.9 Å². The number of anilines is 2. The van der Waals surface area contributed by atoms with Gasteiger partial charge in [0.2, 0.25) is 5.91 Å². The fraction of sp³-hybridized carbons (Fsp3) is 0.286. The van der Waals surface area contributed by atoms with Crippen molar-refractivity contribution in [1.82, 2.24) is 5.32 Å². The molecule has 1 fully saturated rings. The van der Waals surface area contributed by atoms with E-state index < -0.39 is 22.5 Å². The van der Waals surface area contributed by atoms with Gasteiger partial charge in [-0.2, -0.15) is 0 Å². The minimum absolute atomic E-state index is 0.0137. The SMILES string of the molecule is Cc1ccc(N(CC(=O)Nc2ccccc2C(=O)NC[C@@H]2CCCO2)S(=O)(=O)c2ccccc2)c(C)c1. The number of nitrogens with one attached hydrogen (secondary N) is 2. The molecule has 8 nitrogen and oxygen atoms in total. The summed E-state index contributed by atoms with van der Waals surface area (Å²) in [6.07, 6.45) is 1.85. The lowest BCUT2D eigenvalue weighted by atomic mass is 10.1. The minimum atomic E-state index is -4.04. The van der Waals surface area contributed by atoms with Crippen molar-refractivity contribution in [3.8, 4) is 0 Å². The molecule has 1 aliphatic heterocycles. The molecule has 0 aliphatic carbocycles. The highest BCUT2D eigenvalue weighted by molar-refractivity contribution is 7.92. The third-order valence-electron chi connectivity index (χ3n) is 6.20. The van der Waals surface area contributed by atoms with Gasteiger partial charge in [0, 0.05) is 13.2 Å². The van der Waals surface area contributed by atoms with Crippen molar-refractivity contribution >= 4 is 33.2 Å². The number of sulfonamides is 1. The van der Waals surface area contributed by atoms with Gasteiger partial charge in [-0.05, 0) is 62.6 Å². The summed E-state index contributed by atoms with van der Waals surface area (Å²) in [7, 11) is -4.04. The lowest BCUT2D eigenvalue weighted by Crippen LogP contribution is -2.39. The van der Waals surface area contributed by atoms with E-state index in [0.29, 0.717) is 24.5 Å². The van der Waals surface area contributed by atoms with Crippen LogP contribution in [0.25, 0.3) is 0 Å². The van der Waals surface area contributed by atoms with Gasteiger partial charge in [0.25, 0.3) is 15.9 Å². The van der Waals surface area contributed by atoms with E-state index in [0.717, 1.165) is 28.3 Å². The van der Waals surface area contributed by atoms with Crippen LogP contribution in [0.5, 0.6) is 0 Å². The van der Waals surface area contributed by atoms with Crippen LogP contribution >= 0.6 is 0 Å². The van der Waals surface area contributed by atoms with Crippen molar-refractivity contribution in [3.63, 3.8) is 0 Å². The zero-order valence-corrected chi connectivity index (χ0v) is 21.8. The fourth-order valence-electron chi connectivity index (χ4n) is 4.32. The second kappa shape index (κ2) is 11.6. The molecule has 2 N–H and O–H groups in total. The van der Waals surface area contributed by atoms with E-state index >= 15 is 0 Å². The van der Waals surface area contributed by atoms with Crippen molar-refractivity contribution in [2.75, 3.05) is 29.3 Å². The largest absolute Gasteiger partial charge is 0.376 e. The average Bonchev–Trinajstić information content (AvgIpc) is 3.41. The summed E-state index contributed by atoms with van der Waals surface area (Å²) < 4.78 is 33.9. The molecular weight excluding hydrogens is 490 g/mol. The second-order valence-electron chi connectivity index (χ2n) is 9.05. The highest BCUT2D eigenvalue weighted by Gasteiger charge is 2.28. The van der Waals surface area contributed by atoms with Gasteiger partial charge < -0.3 is 15.4 Å². The van der Waals surface area contributed by atoms with Gasteiger partial charge in [0.15, 0.2) is 0 Å². The summed E-state index contributed by atoms with van der Waals surface area (Å²) in [5.74, 6) is -0.909. The normalized spacial score (nSPS) is 15.2. The minimum Gasteiger partial charge on any atom is -0.376 e. The number of hydrogen-bond donors (Lipinski definition) is 2. The Morgan fingerprint density at radius 1 is 1.00 bits per heavy atom. The predicted octanol–water partition coefficient (Wildman–Crippen LogP) is 4.05. The lowest BCUT2D eigenvalue weighted by molar-refractivity contribution is -0.114. The zero-order valence-electron chi connectivity index (χ0n) is 20.9. The van der Waals surface area contributed by atoms with Crippen LogP contribution in [0.1, 0.15) is 34.3 Å². The van der Waals surface area contributed by atoms with Crippen molar-refractivity contribution < 1.29 is 22.7 Å². The quantitative estimate of drug-likeness (QED) is 0.442. The summed E-state index contributed by atoms with van der Waals surface area (Å²) in [5, 5.41) is 5.60. The van der Waals surface area contributed by atoms with Crippen LogP contribution in [0.3, 0.4) is 0 Å². The third kappa shape index (κ3) is 6.36. The first-order chi connectivity index (χ1) is 17.8. The topological polar surface area (TPSA) is 105 Å². The van der Waals surface area contributed by atoms with Crippen molar-refractivity contribution in [3.05, 3.63) is 89.5 Å². The van der Waals surface area contributed by atoms with Crippen LogP contribution in [0.15, 0.2) is 77.7 Å². The molecule has 4 rings (SSSR count). The number of aryl methyl sites for hydroxylation is 2. The second-order valence-corrected chi connectivity index (χ2v) is 10.9. The third-order valence-corrected chi connectivity index (χ3v) is 7.97. The predicted molar refractivity (Wildman–Crippen MR) is 143 cm³/mol. The van der Waals surface area contributed by atoms with E-state index in [1.54, 1.807) is 61.5 Å². The molecule has 194 valence electrons. The number of carbonyl (C=O) groups excluding carboxylic acids is 2. The number of carbonyl (C=O) groups is 2. The maximum Gasteiger partial charge on any atom is 0.264 e. The van der Waals surface area contributed by atoms with Gasteiger partial charge in [-0.15, -0.1) is 0 Å². The van der Waals surface area contributed by atoms with Crippen LogP contribution < -0.4 is 14.9 Å². The Hall–Kier alpha value is -3.69. The highest BCUT2D eigenvalue weighted by Crippen LogP contribution is 2.28. The Labute approximate surface area is 217 Å². The summed E-state index contributed by atoms with van der Waals surface area (Å²) in [6, 6.07) is 20.0. The molecule has 1 atom stereocenters. The van der Waals surface area contributed by atoms with Crippen LogP contribution in [0, 0.1) is 13.8 Å². The van der Waals surface area contributed by atoms with E-state index in [2.05, 4.69) is 10.6 Å². The maximum atomic E-state index is 13.6. The Morgan fingerprint density at radius 3 is 2.43 bits per heavy atom. The number of para-hydroxylation sites is 1. The van der Waals surface area contributed by atoms with Gasteiger partial charge in [-0.3, -0.25) is 13.9 Å². The number of rotatable bonds is 9. The number of benzene rings is 3. The van der Waals surface area contributed by atoms with Crippen molar-refractivity contribution in [2.45, 2.75) is 37.7 Å². The first kappa shape index (κ1) is 26.4. The summed E-state index contributed by atoms with van der Waals surface area (Å²) >= 11 is 0. The lowest BCUT2D eigenvalue weighted by Gasteiger charge is -2.26. The van der Waals surface area contributed by atoms with Crippen LogP contribution in [0.2, 0.25) is 0 Å². The maximum absolute atomic E-state index is 13.6. The van der Waals surface area contributed by atoms with E-state index in [1.807, 2.05) is 13.0 Å². The number of ether oxygens (including phenoxy) is 1. The molecule has 0 bridgehead atoms. The molecule has 0 unspecified atom stereocenters. The van der Waals surface area contributed by atoms with Crippen molar-refractivity contribution in [2.24, 2.45) is 0 Å². The molecule has 0 saturated carbocycles. The number of hydrogen-bond acceptors (Lipinski definition) is 5. The van der Waals surface area contributed by atoms with E-state index in [-0.39, 0.29) is 22.5 Å². The van der Waals surface area contributed by atoms with Crippen LogP contribution in [-0.4, -0.2) is 46.0 Å². The summed E-state index contributed by atoms with van der Waals surface area (Å²) in [4.78, 5) is 26.1. The molecule has 9 heteroatoms. The van der Waals surface area contributed by atoms with Crippen molar-refractivity contribution in [1.29, 1.82) is 0 Å². The molecule has 3 aromatic rings. The molecular formula is C28H31N3O5S. The van der Waals surface area contributed by atoms with Gasteiger partial charge in [0.1, 0.15) is 6.54 Å². The molecule has 2 amide bonds. The monoisotopic (exact) mass is 521 g/mol. The molecule has 0 radical (unpaired) electrons. The Morgan fingerprint density at radius 2 is 1.73 bits per heavy atom. The van der Waals surface area contributed by atoms with E-state index in [1.165, 1.54) is 12.1 Å². The van der Waals surface area contributed by atoms with Gasteiger partial charge >= 0.3 is 0 Å². The fourth-order valence-corrected chi connectivity index (χ4v) is 5.83. The molecule has 3 aromatic carbocycles. The molecule has 1 aliphatic rings. The highest BCUT2D eigenvalue weighted by atomic mass is 32.2. The van der Waals surface area contributed by atoms with Crippen LogP contribution in [0.4, 0.5) is 11.4 Å². The Balaban J connectivity index is 1.57. The zero-order chi connectivity index (χ0) is 26.4. The van der Waals surface area contributed by atoms with Gasteiger partial charge in [-0.1, -0.05) is 48.0 Å². The Kier molecular flexibility index (Phi) is 8.25. The smallest absolute Gasteiger partial charge is 0.264 e. The first-order valence-electron chi connectivity index (χ1n) is 12.2. The van der Waals surface area contributed by atoms with Crippen LogP contribution in [-0.2, 0) is 19.6 Å². The molecule has 0 spiro atoms.